The van der Waals surface area contributed by atoms with E-state index in [4.69, 9.17) is 5.73 Å². The van der Waals surface area contributed by atoms with Crippen LogP contribution < -0.4 is 11.1 Å². The Morgan fingerprint density at radius 1 is 1.29 bits per heavy atom. The molecule has 1 aliphatic carbocycles. The van der Waals surface area contributed by atoms with Gasteiger partial charge in [-0.1, -0.05) is 12.1 Å². The first kappa shape index (κ1) is 17.3. The van der Waals surface area contributed by atoms with Gasteiger partial charge in [0.1, 0.15) is 0 Å². The molecule has 0 radical (unpaired) electrons. The standard InChI is InChI=1S/C18H25N3O2S/c1-12-3-2-4-14(7-12)20-17(22)10-24-11-18(23)21-8-13-5-6-16(19)15(13)9-21/h2-4,7,13,15-16H,5-6,8-11,19H2,1H3,(H,20,22). The smallest absolute Gasteiger partial charge is 0.234 e. The van der Waals surface area contributed by atoms with Crippen LogP contribution in [0.3, 0.4) is 0 Å². The molecule has 1 saturated carbocycles. The Kier molecular flexibility index (Phi) is 5.46. The summed E-state index contributed by atoms with van der Waals surface area (Å²) in [6.45, 7) is 3.62. The molecule has 3 atom stereocenters. The first-order chi connectivity index (χ1) is 11.5. The number of rotatable bonds is 5. The Morgan fingerprint density at radius 2 is 2.12 bits per heavy atom. The molecule has 0 aromatic heterocycles. The molecule has 1 aliphatic heterocycles. The van der Waals surface area contributed by atoms with Crippen LogP contribution in [-0.2, 0) is 9.59 Å². The quantitative estimate of drug-likeness (QED) is 0.852. The average Bonchev–Trinajstić information content (AvgIpc) is 3.10. The number of carbonyl (C=O) groups is 2. The molecule has 130 valence electrons. The minimum Gasteiger partial charge on any atom is -0.341 e. The number of nitrogens with two attached hydrogens (primary N) is 1. The fraction of sp³-hybridized carbons (Fsp3) is 0.556. The Bertz CT molecular complexity index is 622. The van der Waals surface area contributed by atoms with E-state index in [0.29, 0.717) is 23.3 Å². The number of anilines is 1. The predicted molar refractivity (Wildman–Crippen MR) is 97.9 cm³/mol. The summed E-state index contributed by atoms with van der Waals surface area (Å²) >= 11 is 1.37. The number of aryl methyl sites for hydroxylation is 1. The molecule has 1 heterocycles. The van der Waals surface area contributed by atoms with Gasteiger partial charge in [-0.25, -0.2) is 0 Å². The summed E-state index contributed by atoms with van der Waals surface area (Å²) in [4.78, 5) is 26.2. The molecule has 0 bridgehead atoms. The van der Waals surface area contributed by atoms with Gasteiger partial charge in [-0.3, -0.25) is 9.59 Å². The van der Waals surface area contributed by atoms with Crippen molar-refractivity contribution in [3.8, 4) is 0 Å². The van der Waals surface area contributed by atoms with Crippen molar-refractivity contribution in [2.24, 2.45) is 17.6 Å². The van der Waals surface area contributed by atoms with Gasteiger partial charge in [-0.2, -0.15) is 0 Å². The molecule has 1 saturated heterocycles. The molecule has 1 aromatic rings. The summed E-state index contributed by atoms with van der Waals surface area (Å²) < 4.78 is 0. The maximum absolute atomic E-state index is 12.3. The van der Waals surface area contributed by atoms with E-state index in [2.05, 4.69) is 5.32 Å². The maximum Gasteiger partial charge on any atom is 0.234 e. The van der Waals surface area contributed by atoms with Crippen molar-refractivity contribution in [2.45, 2.75) is 25.8 Å². The summed E-state index contributed by atoms with van der Waals surface area (Å²) in [5.41, 5.74) is 8.01. The second-order valence-electron chi connectivity index (χ2n) is 6.87. The SMILES string of the molecule is Cc1cccc(NC(=O)CSCC(=O)N2CC3CCC(N)C3C2)c1. The van der Waals surface area contributed by atoms with E-state index in [1.165, 1.54) is 11.8 Å². The number of hydrogen-bond acceptors (Lipinski definition) is 4. The van der Waals surface area contributed by atoms with Gasteiger partial charge in [0.05, 0.1) is 11.5 Å². The minimum absolute atomic E-state index is 0.0706. The van der Waals surface area contributed by atoms with Crippen molar-refractivity contribution in [3.63, 3.8) is 0 Å². The van der Waals surface area contributed by atoms with Crippen LogP contribution in [0.1, 0.15) is 18.4 Å². The molecule has 2 aliphatic rings. The van der Waals surface area contributed by atoms with E-state index >= 15 is 0 Å². The highest BCUT2D eigenvalue weighted by Crippen LogP contribution is 2.37. The van der Waals surface area contributed by atoms with Gasteiger partial charge in [0.25, 0.3) is 0 Å². The number of carbonyl (C=O) groups excluding carboxylic acids is 2. The topological polar surface area (TPSA) is 75.4 Å². The van der Waals surface area contributed by atoms with Crippen molar-refractivity contribution < 1.29 is 9.59 Å². The van der Waals surface area contributed by atoms with Crippen LogP contribution in [0.5, 0.6) is 0 Å². The molecule has 3 unspecified atom stereocenters. The monoisotopic (exact) mass is 347 g/mol. The number of fused-ring (bicyclic) bond motifs is 1. The van der Waals surface area contributed by atoms with Crippen LogP contribution in [0.2, 0.25) is 0 Å². The van der Waals surface area contributed by atoms with Crippen LogP contribution in [0.25, 0.3) is 0 Å². The van der Waals surface area contributed by atoms with Gasteiger partial charge < -0.3 is 16.0 Å². The highest BCUT2D eigenvalue weighted by atomic mass is 32.2. The van der Waals surface area contributed by atoms with Crippen LogP contribution >= 0.6 is 11.8 Å². The summed E-state index contributed by atoms with van der Waals surface area (Å²) in [7, 11) is 0. The first-order valence-corrected chi connectivity index (χ1v) is 9.66. The van der Waals surface area contributed by atoms with Crippen molar-refractivity contribution in [1.82, 2.24) is 4.90 Å². The Balaban J connectivity index is 1.38. The third-order valence-corrected chi connectivity index (χ3v) is 5.94. The van der Waals surface area contributed by atoms with E-state index in [-0.39, 0.29) is 17.9 Å². The molecule has 3 N–H and O–H groups in total. The van der Waals surface area contributed by atoms with E-state index in [9.17, 15) is 9.59 Å². The Morgan fingerprint density at radius 3 is 2.88 bits per heavy atom. The molecule has 3 rings (SSSR count). The Labute approximate surface area is 147 Å². The molecular formula is C18H25N3O2S. The lowest BCUT2D eigenvalue weighted by Gasteiger charge is -2.18. The van der Waals surface area contributed by atoms with Gasteiger partial charge >= 0.3 is 0 Å². The normalized spacial score (nSPS) is 25.6. The molecule has 24 heavy (non-hydrogen) atoms. The lowest BCUT2D eigenvalue weighted by Crippen LogP contribution is -2.34. The lowest BCUT2D eigenvalue weighted by molar-refractivity contribution is -0.127. The summed E-state index contributed by atoms with van der Waals surface area (Å²) in [5, 5.41) is 2.86. The second-order valence-corrected chi connectivity index (χ2v) is 7.86. The molecular weight excluding hydrogens is 322 g/mol. The Hall–Kier alpha value is -1.53. The number of thioether (sulfide) groups is 1. The zero-order chi connectivity index (χ0) is 17.1. The average molecular weight is 347 g/mol. The van der Waals surface area contributed by atoms with Crippen LogP contribution in [0.4, 0.5) is 5.69 Å². The predicted octanol–water partition coefficient (Wildman–Crippen LogP) is 1.86. The second kappa shape index (κ2) is 7.57. The lowest BCUT2D eigenvalue weighted by atomic mass is 9.98. The summed E-state index contributed by atoms with van der Waals surface area (Å²) in [5.74, 6) is 1.77. The van der Waals surface area contributed by atoms with Crippen molar-refractivity contribution in [2.75, 3.05) is 29.9 Å². The van der Waals surface area contributed by atoms with Gasteiger partial charge in [0, 0.05) is 24.8 Å². The molecule has 2 fully saturated rings. The highest BCUT2D eigenvalue weighted by Gasteiger charge is 2.42. The van der Waals surface area contributed by atoms with Gasteiger partial charge in [0.15, 0.2) is 0 Å². The van der Waals surface area contributed by atoms with Crippen LogP contribution in [0, 0.1) is 18.8 Å². The van der Waals surface area contributed by atoms with Crippen molar-refractivity contribution in [3.05, 3.63) is 29.8 Å². The summed E-state index contributed by atoms with van der Waals surface area (Å²) in [6.07, 6.45) is 2.23. The van der Waals surface area contributed by atoms with E-state index < -0.39 is 0 Å². The molecule has 1 aromatic carbocycles. The number of nitrogens with zero attached hydrogens (tertiary/aromatic N) is 1. The van der Waals surface area contributed by atoms with Crippen LogP contribution in [-0.4, -0.2) is 47.4 Å². The number of likely N-dealkylation sites (tertiary alicyclic amines) is 1. The molecule has 2 amide bonds. The summed E-state index contributed by atoms with van der Waals surface area (Å²) in [6, 6.07) is 7.95. The van der Waals surface area contributed by atoms with E-state index in [0.717, 1.165) is 37.2 Å². The van der Waals surface area contributed by atoms with E-state index in [1.54, 1.807) is 0 Å². The van der Waals surface area contributed by atoms with Crippen molar-refractivity contribution in [1.29, 1.82) is 0 Å². The van der Waals surface area contributed by atoms with Gasteiger partial charge in [-0.15, -0.1) is 11.8 Å². The largest absolute Gasteiger partial charge is 0.341 e. The maximum atomic E-state index is 12.3. The zero-order valence-electron chi connectivity index (χ0n) is 14.0. The third-order valence-electron chi connectivity index (χ3n) is 5.03. The van der Waals surface area contributed by atoms with Gasteiger partial charge in [-0.05, 0) is 49.3 Å². The number of amides is 2. The fourth-order valence-electron chi connectivity index (χ4n) is 3.75. The molecule has 5 nitrogen and oxygen atoms in total. The van der Waals surface area contributed by atoms with Crippen molar-refractivity contribution >= 4 is 29.3 Å². The van der Waals surface area contributed by atoms with Crippen LogP contribution in [0.15, 0.2) is 24.3 Å². The van der Waals surface area contributed by atoms with Gasteiger partial charge in [0.2, 0.25) is 11.8 Å². The number of hydrogen-bond donors (Lipinski definition) is 2. The minimum atomic E-state index is -0.0706. The zero-order valence-corrected chi connectivity index (χ0v) is 14.8. The molecule has 0 spiro atoms. The number of benzene rings is 1. The highest BCUT2D eigenvalue weighted by molar-refractivity contribution is 8.00. The fourth-order valence-corrected chi connectivity index (χ4v) is 4.47. The third kappa shape index (κ3) is 4.11. The van der Waals surface area contributed by atoms with E-state index in [1.807, 2.05) is 36.1 Å². The molecule has 6 heteroatoms. The first-order valence-electron chi connectivity index (χ1n) is 8.50. The number of nitrogens with one attached hydrogen (secondary N) is 1.